The van der Waals surface area contributed by atoms with E-state index in [1.807, 2.05) is 0 Å². The molecule has 48 heavy (non-hydrogen) atoms. The summed E-state index contributed by atoms with van der Waals surface area (Å²) in [6, 6.07) is 19.1. The van der Waals surface area contributed by atoms with Crippen molar-refractivity contribution in [1.82, 2.24) is 0 Å². The van der Waals surface area contributed by atoms with Crippen LogP contribution in [0.5, 0.6) is 0 Å². The Morgan fingerprint density at radius 1 is 0.583 bits per heavy atom. The zero-order valence-electron chi connectivity index (χ0n) is 23.8. The highest BCUT2D eigenvalue weighted by molar-refractivity contribution is 6.68. The molecule has 0 fully saturated rings. The van der Waals surface area contributed by atoms with Crippen LogP contribution in [0.25, 0.3) is 44.6 Å². The molecule has 7 nitrogen and oxygen atoms in total. The second-order valence-electron chi connectivity index (χ2n) is 10.1. The molecule has 0 aliphatic heterocycles. The van der Waals surface area contributed by atoms with Gasteiger partial charge in [-0.25, -0.2) is 4.79 Å². The summed E-state index contributed by atoms with van der Waals surface area (Å²) in [5.74, 6) is -1.51. The lowest BCUT2D eigenvalue weighted by molar-refractivity contribution is -0.138. The number of carboxylic acids is 1. The topological polar surface area (TPSA) is 115 Å². The Balaban J connectivity index is 0.000000188. The minimum absolute atomic E-state index is 0.0277. The minimum Gasteiger partial charge on any atom is -0.478 e. The fourth-order valence-corrected chi connectivity index (χ4v) is 4.81. The van der Waals surface area contributed by atoms with Crippen molar-refractivity contribution >= 4 is 44.8 Å². The Kier molecular flexibility index (Phi) is 9.00. The molecule has 0 saturated heterocycles. The zero-order valence-corrected chi connectivity index (χ0v) is 24.5. The van der Waals surface area contributed by atoms with Crippen LogP contribution in [0.2, 0.25) is 0 Å². The van der Waals surface area contributed by atoms with Gasteiger partial charge in [-0.1, -0.05) is 36.4 Å². The molecular weight excluding hydrogens is 670 g/mol. The van der Waals surface area contributed by atoms with Crippen molar-refractivity contribution in [3.05, 3.63) is 140 Å². The van der Waals surface area contributed by atoms with Crippen LogP contribution in [0, 0.1) is 0 Å². The van der Waals surface area contributed by atoms with Gasteiger partial charge in [0.15, 0.2) is 22.0 Å². The molecule has 6 rings (SSSR count). The normalized spacial score (nSPS) is 11.6. The molecular formula is C34H17ClF6O7. The number of hydrogen-bond donors (Lipinski definition) is 1. The van der Waals surface area contributed by atoms with E-state index in [-0.39, 0.29) is 55.7 Å². The summed E-state index contributed by atoms with van der Waals surface area (Å²) in [7, 11) is 0. The van der Waals surface area contributed by atoms with E-state index in [0.29, 0.717) is 0 Å². The van der Waals surface area contributed by atoms with Gasteiger partial charge in [-0.3, -0.25) is 14.4 Å². The molecule has 0 saturated carbocycles. The summed E-state index contributed by atoms with van der Waals surface area (Å²) in [5.41, 5.74) is -3.18. The van der Waals surface area contributed by atoms with Gasteiger partial charge in [0.05, 0.1) is 27.5 Å². The molecule has 1 N–H and O–H groups in total. The van der Waals surface area contributed by atoms with Crippen LogP contribution in [0.1, 0.15) is 31.8 Å². The third-order valence-electron chi connectivity index (χ3n) is 6.90. The Morgan fingerprint density at radius 3 is 1.38 bits per heavy atom. The number of carbonyl (C=O) groups is 2. The van der Waals surface area contributed by atoms with Gasteiger partial charge in [-0.15, -0.1) is 0 Å². The van der Waals surface area contributed by atoms with Gasteiger partial charge < -0.3 is 13.9 Å². The first-order chi connectivity index (χ1) is 22.5. The fourth-order valence-electron chi connectivity index (χ4n) is 4.66. The number of carbonyl (C=O) groups excluding carboxylic acids is 1. The first kappa shape index (κ1) is 33.7. The molecule has 0 bridgehead atoms. The number of aromatic carboxylic acids is 1. The van der Waals surface area contributed by atoms with Crippen molar-refractivity contribution in [3.63, 3.8) is 0 Å². The first-order valence-electron chi connectivity index (χ1n) is 13.5. The fraction of sp³-hybridized carbons (Fsp3) is 0.0588. The highest BCUT2D eigenvalue weighted by atomic mass is 35.5. The molecule has 0 aliphatic rings. The Labute approximate surface area is 269 Å². The van der Waals surface area contributed by atoms with E-state index in [1.54, 1.807) is 0 Å². The number of fused-ring (bicyclic) bond motifs is 2. The molecule has 4 aromatic carbocycles. The number of benzene rings is 4. The largest absolute Gasteiger partial charge is 0.478 e. The molecule has 0 unspecified atom stereocenters. The van der Waals surface area contributed by atoms with Gasteiger partial charge in [0, 0.05) is 23.3 Å². The van der Waals surface area contributed by atoms with Gasteiger partial charge in [0.1, 0.15) is 17.1 Å². The molecule has 0 atom stereocenters. The maximum Gasteiger partial charge on any atom is 0.416 e. The number of rotatable bonds is 4. The van der Waals surface area contributed by atoms with Crippen molar-refractivity contribution in [3.8, 4) is 22.6 Å². The molecule has 2 aromatic heterocycles. The summed E-state index contributed by atoms with van der Waals surface area (Å²) >= 11 is 5.47. The third-order valence-corrected chi connectivity index (χ3v) is 7.10. The number of halogens is 7. The number of alkyl halides is 6. The molecule has 0 amide bonds. The monoisotopic (exact) mass is 686 g/mol. The summed E-state index contributed by atoms with van der Waals surface area (Å²) in [4.78, 5) is 47.1. The van der Waals surface area contributed by atoms with Crippen LogP contribution in [0.15, 0.2) is 115 Å². The van der Waals surface area contributed by atoms with E-state index in [9.17, 15) is 50.6 Å². The summed E-state index contributed by atoms with van der Waals surface area (Å²) in [6.07, 6.45) is -9.07. The second-order valence-corrected chi connectivity index (χ2v) is 10.4. The van der Waals surface area contributed by atoms with Crippen LogP contribution in [0.4, 0.5) is 26.3 Å². The Hall–Kier alpha value is -5.69. The molecule has 6 aromatic rings. The van der Waals surface area contributed by atoms with E-state index in [0.717, 1.165) is 36.4 Å². The smallest absolute Gasteiger partial charge is 0.416 e. The third kappa shape index (κ3) is 7.00. The van der Waals surface area contributed by atoms with E-state index < -0.39 is 45.5 Å². The van der Waals surface area contributed by atoms with Gasteiger partial charge >= 0.3 is 18.3 Å². The number of carboxylic acid groups (broad SMARTS) is 1. The zero-order chi connectivity index (χ0) is 35.0. The van der Waals surface area contributed by atoms with Gasteiger partial charge in [0.25, 0.3) is 5.24 Å². The lowest BCUT2D eigenvalue weighted by Crippen LogP contribution is -2.06. The van der Waals surface area contributed by atoms with Crippen LogP contribution < -0.4 is 10.9 Å². The highest BCUT2D eigenvalue weighted by Gasteiger charge is 2.31. The molecule has 0 spiro atoms. The van der Waals surface area contributed by atoms with Crippen molar-refractivity contribution in [1.29, 1.82) is 0 Å². The first-order valence-corrected chi connectivity index (χ1v) is 13.8. The molecule has 0 radical (unpaired) electrons. The van der Waals surface area contributed by atoms with Crippen LogP contribution in [0.3, 0.4) is 0 Å². The lowest BCUT2D eigenvalue weighted by Gasteiger charge is -2.09. The van der Waals surface area contributed by atoms with E-state index in [2.05, 4.69) is 0 Å². The lowest BCUT2D eigenvalue weighted by atomic mass is 10.1. The summed E-state index contributed by atoms with van der Waals surface area (Å²) < 4.78 is 87.9. The van der Waals surface area contributed by atoms with Crippen LogP contribution in [-0.4, -0.2) is 16.3 Å². The number of hydrogen-bond acceptors (Lipinski definition) is 6. The SMILES string of the molecule is O=C(Cl)c1cccc2c(=O)cc(-c3cccc(C(F)(F)F)c3)oc12.O=C(O)c1cccc2c(=O)cc(-c3cccc(C(F)(F)F)c3)oc12. The minimum atomic E-state index is -4.54. The standard InChI is InChI=1S/C17H8ClF3O3.C17H9F3O4/c18-16(23)12-6-2-5-11-13(22)8-14(24-15(11)12)9-3-1-4-10(7-9)17(19,20)21;18-17(19,20)10-4-1-3-9(7-10)14-8-13(21)11-5-2-6-12(16(22)23)15(11)24-14/h1-8H;1-8H,(H,22,23). The molecule has 14 heteroatoms. The predicted octanol–water partition coefficient (Wildman–Crippen LogP) is 9.03. The van der Waals surface area contributed by atoms with Crippen molar-refractivity contribution < 1.29 is 49.9 Å². The molecule has 244 valence electrons. The summed E-state index contributed by atoms with van der Waals surface area (Å²) in [6.45, 7) is 0. The summed E-state index contributed by atoms with van der Waals surface area (Å²) in [5, 5.41) is 8.52. The quantitative estimate of drug-likeness (QED) is 0.145. The highest BCUT2D eigenvalue weighted by Crippen LogP contribution is 2.34. The predicted molar refractivity (Wildman–Crippen MR) is 163 cm³/mol. The maximum atomic E-state index is 12.8. The number of para-hydroxylation sites is 2. The van der Waals surface area contributed by atoms with Crippen LogP contribution in [-0.2, 0) is 12.4 Å². The van der Waals surface area contributed by atoms with Crippen molar-refractivity contribution in [2.24, 2.45) is 0 Å². The van der Waals surface area contributed by atoms with E-state index in [1.165, 1.54) is 60.7 Å². The van der Waals surface area contributed by atoms with Gasteiger partial charge in [-0.2, -0.15) is 26.3 Å². The van der Waals surface area contributed by atoms with Crippen molar-refractivity contribution in [2.75, 3.05) is 0 Å². The average molecular weight is 687 g/mol. The average Bonchev–Trinajstić information content (AvgIpc) is 3.03. The molecule has 2 heterocycles. The second kappa shape index (κ2) is 12.8. The van der Waals surface area contributed by atoms with Gasteiger partial charge in [-0.05, 0) is 60.1 Å². The van der Waals surface area contributed by atoms with Crippen LogP contribution >= 0.6 is 11.6 Å². The van der Waals surface area contributed by atoms with Crippen molar-refractivity contribution in [2.45, 2.75) is 12.4 Å². The van der Waals surface area contributed by atoms with Gasteiger partial charge in [0.2, 0.25) is 0 Å². The Bertz CT molecular complexity index is 2170. The maximum absolute atomic E-state index is 12.8. The Morgan fingerprint density at radius 2 is 0.979 bits per heavy atom. The molecule has 0 aliphatic carbocycles. The van der Waals surface area contributed by atoms with E-state index >= 15 is 0 Å². The van der Waals surface area contributed by atoms with E-state index in [4.69, 9.17) is 20.4 Å².